The van der Waals surface area contributed by atoms with Crippen molar-refractivity contribution < 1.29 is 9.59 Å². The molecule has 0 bridgehead atoms. The highest BCUT2D eigenvalue weighted by Crippen LogP contribution is 2.40. The van der Waals surface area contributed by atoms with Crippen LogP contribution in [0.4, 0.5) is 10.5 Å². The van der Waals surface area contributed by atoms with Crippen molar-refractivity contribution in [2.45, 2.75) is 31.2 Å². The number of carbonyl (C=O) groups excluding carboxylic acids is 2. The molecule has 3 atom stereocenters. The normalized spacial score (nSPS) is 23.6. The molecule has 3 unspecified atom stereocenters. The zero-order chi connectivity index (χ0) is 20.7. The number of urea groups is 1. The monoisotopic (exact) mass is 396 g/mol. The van der Waals surface area contributed by atoms with Crippen LogP contribution in [-0.2, 0) is 4.79 Å². The minimum atomic E-state index is -0.389. The Morgan fingerprint density at radius 2 is 1.83 bits per heavy atom. The van der Waals surface area contributed by atoms with Crippen molar-refractivity contribution in [1.82, 2.24) is 10.3 Å². The summed E-state index contributed by atoms with van der Waals surface area (Å²) in [6, 6.07) is 16.8. The molecule has 148 valence electrons. The first-order valence-corrected chi connectivity index (χ1v) is 10.1. The quantitative estimate of drug-likeness (QED) is 0.706. The van der Waals surface area contributed by atoms with Gasteiger partial charge in [-0.25, -0.2) is 9.69 Å². The highest BCUT2D eigenvalue weighted by molar-refractivity contribution is 6.20. The van der Waals surface area contributed by atoms with Crippen molar-refractivity contribution in [3.05, 3.63) is 72.1 Å². The van der Waals surface area contributed by atoms with Gasteiger partial charge in [-0.1, -0.05) is 36.4 Å². The number of nitrogens with one attached hydrogen (secondary N) is 1. The SMILES string of the molecule is N#Cc1ccc(C2CCC3C(=O)N(c4cncc5ccccc45)C(=O)NC3C2)cc1. The minimum absolute atomic E-state index is 0.153. The number of nitriles is 1. The highest BCUT2D eigenvalue weighted by atomic mass is 16.2. The number of pyridine rings is 1. The first-order chi connectivity index (χ1) is 14.7. The van der Waals surface area contributed by atoms with Gasteiger partial charge >= 0.3 is 6.03 Å². The van der Waals surface area contributed by atoms with Gasteiger partial charge in [0.25, 0.3) is 0 Å². The summed E-state index contributed by atoms with van der Waals surface area (Å²) in [7, 11) is 0. The summed E-state index contributed by atoms with van der Waals surface area (Å²) in [6.07, 6.45) is 5.62. The van der Waals surface area contributed by atoms with Crippen LogP contribution in [0.1, 0.15) is 36.3 Å². The maximum absolute atomic E-state index is 13.3. The third kappa shape index (κ3) is 3.00. The van der Waals surface area contributed by atoms with Crippen LogP contribution in [0, 0.1) is 17.2 Å². The molecule has 1 aliphatic heterocycles. The van der Waals surface area contributed by atoms with E-state index < -0.39 is 0 Å². The Morgan fingerprint density at radius 3 is 2.63 bits per heavy atom. The standard InChI is InChI=1S/C24H20N4O2/c25-12-15-5-7-16(8-6-15)17-9-10-20-21(11-17)27-24(30)28(23(20)29)22-14-26-13-18-3-1-2-4-19(18)22/h1-8,13-14,17,20-21H,9-11H2,(H,27,30). The summed E-state index contributed by atoms with van der Waals surface area (Å²) in [6.45, 7) is 0. The van der Waals surface area contributed by atoms with Gasteiger partial charge in [-0.15, -0.1) is 0 Å². The zero-order valence-electron chi connectivity index (χ0n) is 16.3. The highest BCUT2D eigenvalue weighted by Gasteiger charge is 2.45. The smallest absolute Gasteiger partial charge is 0.329 e. The lowest BCUT2D eigenvalue weighted by Gasteiger charge is -2.42. The number of fused-ring (bicyclic) bond motifs is 2. The van der Waals surface area contributed by atoms with Crippen LogP contribution in [0.2, 0.25) is 0 Å². The van der Waals surface area contributed by atoms with Crippen molar-refractivity contribution >= 4 is 28.4 Å². The van der Waals surface area contributed by atoms with E-state index in [1.807, 2.05) is 48.5 Å². The zero-order valence-corrected chi connectivity index (χ0v) is 16.3. The first kappa shape index (κ1) is 18.3. The fourth-order valence-electron chi connectivity index (χ4n) is 4.75. The molecule has 1 saturated heterocycles. The second-order valence-corrected chi connectivity index (χ2v) is 7.96. The van der Waals surface area contributed by atoms with Crippen LogP contribution in [-0.4, -0.2) is 23.0 Å². The Kier molecular flexibility index (Phi) is 4.44. The van der Waals surface area contributed by atoms with Gasteiger partial charge in [-0.3, -0.25) is 9.78 Å². The first-order valence-electron chi connectivity index (χ1n) is 10.1. The summed E-state index contributed by atoms with van der Waals surface area (Å²) >= 11 is 0. The van der Waals surface area contributed by atoms with Crippen LogP contribution in [0.25, 0.3) is 10.8 Å². The summed E-state index contributed by atoms with van der Waals surface area (Å²) in [5.41, 5.74) is 2.31. The van der Waals surface area contributed by atoms with Crippen molar-refractivity contribution in [1.29, 1.82) is 5.26 Å². The van der Waals surface area contributed by atoms with E-state index in [1.54, 1.807) is 12.4 Å². The van der Waals surface area contributed by atoms with Gasteiger partial charge in [0, 0.05) is 23.0 Å². The fraction of sp³-hybridized carbons (Fsp3) is 0.250. The van der Waals surface area contributed by atoms with E-state index in [4.69, 9.17) is 5.26 Å². The Bertz CT molecular complexity index is 1180. The number of imide groups is 1. The molecule has 5 rings (SSSR count). The van der Waals surface area contributed by atoms with E-state index in [2.05, 4.69) is 16.4 Å². The van der Waals surface area contributed by atoms with Gasteiger partial charge < -0.3 is 5.32 Å². The molecular formula is C24H20N4O2. The average molecular weight is 396 g/mol. The number of rotatable bonds is 2. The van der Waals surface area contributed by atoms with Crippen LogP contribution < -0.4 is 10.2 Å². The van der Waals surface area contributed by atoms with Gasteiger partial charge in [0.1, 0.15) is 0 Å². The van der Waals surface area contributed by atoms with Gasteiger partial charge in [0.15, 0.2) is 0 Å². The molecule has 30 heavy (non-hydrogen) atoms. The molecule has 1 aliphatic carbocycles. The third-order valence-electron chi connectivity index (χ3n) is 6.30. The maximum Gasteiger partial charge on any atom is 0.329 e. The molecule has 3 amide bonds. The number of aromatic nitrogens is 1. The molecule has 6 nitrogen and oxygen atoms in total. The number of hydrogen-bond donors (Lipinski definition) is 1. The Balaban J connectivity index is 1.41. The number of nitrogens with zero attached hydrogens (tertiary/aromatic N) is 3. The molecule has 2 aromatic carbocycles. The van der Waals surface area contributed by atoms with E-state index in [-0.39, 0.29) is 29.8 Å². The topological polar surface area (TPSA) is 86.1 Å². The van der Waals surface area contributed by atoms with Crippen molar-refractivity contribution in [3.8, 4) is 6.07 Å². The molecule has 2 fully saturated rings. The Labute approximate surface area is 174 Å². The second kappa shape index (κ2) is 7.27. The van der Waals surface area contributed by atoms with E-state index in [1.165, 1.54) is 4.90 Å². The molecule has 0 spiro atoms. The van der Waals surface area contributed by atoms with Crippen LogP contribution in [0.3, 0.4) is 0 Å². The van der Waals surface area contributed by atoms with Gasteiger partial charge in [0.05, 0.1) is 29.4 Å². The predicted molar refractivity (Wildman–Crippen MR) is 113 cm³/mol. The summed E-state index contributed by atoms with van der Waals surface area (Å²) in [4.78, 5) is 31.8. The predicted octanol–water partition coefficient (Wildman–Crippen LogP) is 4.12. The number of carbonyl (C=O) groups is 2. The number of amides is 3. The van der Waals surface area contributed by atoms with Crippen LogP contribution >= 0.6 is 0 Å². The van der Waals surface area contributed by atoms with Crippen molar-refractivity contribution in [3.63, 3.8) is 0 Å². The van der Waals surface area contributed by atoms with Crippen LogP contribution in [0.5, 0.6) is 0 Å². The molecule has 6 heteroatoms. The lowest BCUT2D eigenvalue weighted by atomic mass is 9.74. The average Bonchev–Trinajstić information content (AvgIpc) is 2.79. The molecule has 2 aliphatic rings. The molecule has 3 aromatic rings. The fourth-order valence-corrected chi connectivity index (χ4v) is 4.75. The van der Waals surface area contributed by atoms with E-state index >= 15 is 0 Å². The number of anilines is 1. The summed E-state index contributed by atoms with van der Waals surface area (Å²) < 4.78 is 0. The van der Waals surface area contributed by atoms with Crippen molar-refractivity contribution in [2.75, 3.05) is 4.90 Å². The Hall–Kier alpha value is -3.72. The maximum atomic E-state index is 13.3. The van der Waals surface area contributed by atoms with E-state index in [0.717, 1.165) is 29.2 Å². The van der Waals surface area contributed by atoms with E-state index in [9.17, 15) is 9.59 Å². The number of benzene rings is 2. The van der Waals surface area contributed by atoms with E-state index in [0.29, 0.717) is 17.7 Å². The molecule has 1 aromatic heterocycles. The molecule has 1 saturated carbocycles. The molecular weight excluding hydrogens is 376 g/mol. The minimum Gasteiger partial charge on any atom is -0.334 e. The van der Waals surface area contributed by atoms with Gasteiger partial charge in [-0.05, 0) is 42.9 Å². The van der Waals surface area contributed by atoms with Crippen LogP contribution in [0.15, 0.2) is 60.9 Å². The molecule has 0 radical (unpaired) electrons. The number of hydrogen-bond acceptors (Lipinski definition) is 4. The molecule has 1 N–H and O–H groups in total. The largest absolute Gasteiger partial charge is 0.334 e. The van der Waals surface area contributed by atoms with Gasteiger partial charge in [-0.2, -0.15) is 5.26 Å². The summed E-state index contributed by atoms with van der Waals surface area (Å²) in [5.74, 6) is -0.130. The molecule has 2 heterocycles. The third-order valence-corrected chi connectivity index (χ3v) is 6.30. The lowest BCUT2D eigenvalue weighted by molar-refractivity contribution is -0.124. The lowest BCUT2D eigenvalue weighted by Crippen LogP contribution is -2.61. The van der Waals surface area contributed by atoms with Gasteiger partial charge in [0.2, 0.25) is 5.91 Å². The second-order valence-electron chi connectivity index (χ2n) is 7.96. The van der Waals surface area contributed by atoms with Crippen molar-refractivity contribution in [2.24, 2.45) is 5.92 Å². The summed E-state index contributed by atoms with van der Waals surface area (Å²) in [5, 5.41) is 13.8. The Morgan fingerprint density at radius 1 is 1.03 bits per heavy atom.